The summed E-state index contributed by atoms with van der Waals surface area (Å²) in [6.07, 6.45) is 1.77. The molecule has 114 valence electrons. The first-order valence-corrected chi connectivity index (χ1v) is 7.36. The van der Waals surface area contributed by atoms with Gasteiger partial charge in [0.1, 0.15) is 6.04 Å². The molecular formula is C16H22N2O3. The maximum atomic E-state index is 12.5. The smallest absolute Gasteiger partial charge is 0.326 e. The third-order valence-electron chi connectivity index (χ3n) is 4.29. The Hall–Kier alpha value is -1.88. The molecule has 0 radical (unpaired) electrons. The van der Waals surface area contributed by atoms with Crippen LogP contribution >= 0.6 is 0 Å². The van der Waals surface area contributed by atoms with Crippen LogP contribution in [0.5, 0.6) is 0 Å². The van der Waals surface area contributed by atoms with Gasteiger partial charge in [0.15, 0.2) is 0 Å². The van der Waals surface area contributed by atoms with Crippen LogP contribution in [0.15, 0.2) is 30.3 Å². The molecule has 5 heteroatoms. The fraction of sp³-hybridized carbons (Fsp3) is 0.500. The Kier molecular flexibility index (Phi) is 4.96. The number of carbonyl (C=O) groups is 2. The molecule has 1 amide bonds. The van der Waals surface area contributed by atoms with E-state index in [1.165, 1.54) is 0 Å². The van der Waals surface area contributed by atoms with Gasteiger partial charge in [-0.15, -0.1) is 0 Å². The second-order valence-corrected chi connectivity index (χ2v) is 5.61. The molecule has 0 aliphatic carbocycles. The molecule has 0 aromatic heterocycles. The highest BCUT2D eigenvalue weighted by molar-refractivity contribution is 5.88. The summed E-state index contributed by atoms with van der Waals surface area (Å²) >= 11 is 0. The Balaban J connectivity index is 2.06. The number of amides is 1. The van der Waals surface area contributed by atoms with Gasteiger partial charge in [0.05, 0.1) is 5.41 Å². The van der Waals surface area contributed by atoms with Gasteiger partial charge in [-0.25, -0.2) is 4.79 Å². The molecule has 1 aliphatic rings. The van der Waals surface area contributed by atoms with E-state index in [4.69, 9.17) is 0 Å². The second-order valence-electron chi connectivity index (χ2n) is 5.61. The van der Waals surface area contributed by atoms with Crippen molar-refractivity contribution in [2.75, 3.05) is 13.1 Å². The van der Waals surface area contributed by atoms with Crippen LogP contribution in [-0.2, 0) is 16.0 Å². The van der Waals surface area contributed by atoms with E-state index in [1.807, 2.05) is 37.3 Å². The molecular weight excluding hydrogens is 268 g/mol. The summed E-state index contributed by atoms with van der Waals surface area (Å²) in [5.41, 5.74) is 0.435. The number of nitrogens with one attached hydrogen (secondary N) is 2. The van der Waals surface area contributed by atoms with Crippen molar-refractivity contribution in [2.45, 2.75) is 32.2 Å². The molecule has 0 bridgehead atoms. The van der Waals surface area contributed by atoms with Gasteiger partial charge in [-0.3, -0.25) is 4.79 Å². The maximum absolute atomic E-state index is 12.5. The van der Waals surface area contributed by atoms with Crippen LogP contribution in [0, 0.1) is 5.41 Å². The Morgan fingerprint density at radius 1 is 1.38 bits per heavy atom. The number of carboxylic acid groups (broad SMARTS) is 1. The number of carbonyl (C=O) groups excluding carboxylic acids is 1. The summed E-state index contributed by atoms with van der Waals surface area (Å²) in [5, 5.41) is 15.3. The number of carboxylic acids is 1. The molecule has 21 heavy (non-hydrogen) atoms. The minimum atomic E-state index is -0.996. The van der Waals surface area contributed by atoms with Crippen LogP contribution in [0.25, 0.3) is 0 Å². The lowest BCUT2D eigenvalue weighted by atomic mass is 9.83. The van der Waals surface area contributed by atoms with E-state index < -0.39 is 17.4 Å². The van der Waals surface area contributed by atoms with Crippen LogP contribution in [0.3, 0.4) is 0 Å². The quantitative estimate of drug-likeness (QED) is 0.735. The first-order chi connectivity index (χ1) is 10.1. The standard InChI is InChI=1S/C16H22N2O3/c1-2-16(8-9-17-11-16)15(21)18-13(14(19)20)10-12-6-4-3-5-7-12/h3-7,13,17H,2,8-11H2,1H3,(H,18,21)(H,19,20). The van der Waals surface area contributed by atoms with Gasteiger partial charge in [0.25, 0.3) is 0 Å². The lowest BCUT2D eigenvalue weighted by Crippen LogP contribution is -2.50. The predicted molar refractivity (Wildman–Crippen MR) is 79.9 cm³/mol. The highest BCUT2D eigenvalue weighted by atomic mass is 16.4. The summed E-state index contributed by atoms with van der Waals surface area (Å²) in [7, 11) is 0. The zero-order valence-electron chi connectivity index (χ0n) is 12.3. The van der Waals surface area contributed by atoms with E-state index in [1.54, 1.807) is 0 Å². The maximum Gasteiger partial charge on any atom is 0.326 e. The van der Waals surface area contributed by atoms with Gasteiger partial charge in [-0.2, -0.15) is 0 Å². The zero-order valence-corrected chi connectivity index (χ0v) is 12.3. The Labute approximate surface area is 124 Å². The summed E-state index contributed by atoms with van der Waals surface area (Å²) in [5.74, 6) is -1.15. The SMILES string of the molecule is CCC1(C(=O)NC(Cc2ccccc2)C(=O)O)CCNC1. The molecule has 1 fully saturated rings. The molecule has 1 aromatic rings. The highest BCUT2D eigenvalue weighted by Gasteiger charge is 2.40. The lowest BCUT2D eigenvalue weighted by Gasteiger charge is -2.27. The first kappa shape index (κ1) is 15.5. The Morgan fingerprint density at radius 2 is 2.10 bits per heavy atom. The number of hydrogen-bond donors (Lipinski definition) is 3. The molecule has 2 atom stereocenters. The average molecular weight is 290 g/mol. The first-order valence-electron chi connectivity index (χ1n) is 7.36. The summed E-state index contributed by atoms with van der Waals surface area (Å²) in [4.78, 5) is 23.9. The third-order valence-corrected chi connectivity index (χ3v) is 4.29. The number of aliphatic carboxylic acids is 1. The summed E-state index contributed by atoms with van der Waals surface area (Å²) in [6, 6.07) is 8.47. The average Bonchev–Trinajstić information content (AvgIpc) is 2.97. The molecule has 2 rings (SSSR count). The van der Waals surface area contributed by atoms with E-state index in [2.05, 4.69) is 10.6 Å². The fourth-order valence-electron chi connectivity index (χ4n) is 2.76. The van der Waals surface area contributed by atoms with Crippen molar-refractivity contribution >= 4 is 11.9 Å². The van der Waals surface area contributed by atoms with E-state index in [0.717, 1.165) is 18.5 Å². The van der Waals surface area contributed by atoms with E-state index in [0.29, 0.717) is 19.4 Å². The summed E-state index contributed by atoms with van der Waals surface area (Å²) in [6.45, 7) is 3.39. The Bertz CT molecular complexity index is 496. The largest absolute Gasteiger partial charge is 0.480 e. The highest BCUT2D eigenvalue weighted by Crippen LogP contribution is 2.29. The van der Waals surface area contributed by atoms with Gasteiger partial charge < -0.3 is 15.7 Å². The van der Waals surface area contributed by atoms with Gasteiger partial charge in [-0.1, -0.05) is 37.3 Å². The van der Waals surface area contributed by atoms with Crippen molar-refractivity contribution < 1.29 is 14.7 Å². The van der Waals surface area contributed by atoms with Crippen LogP contribution in [-0.4, -0.2) is 36.1 Å². The van der Waals surface area contributed by atoms with Gasteiger partial charge in [0.2, 0.25) is 5.91 Å². The van der Waals surface area contributed by atoms with Gasteiger partial charge in [0, 0.05) is 13.0 Å². The predicted octanol–water partition coefficient (Wildman–Crippen LogP) is 1.19. The van der Waals surface area contributed by atoms with Crippen molar-refractivity contribution in [2.24, 2.45) is 5.41 Å². The van der Waals surface area contributed by atoms with Crippen LogP contribution in [0.1, 0.15) is 25.3 Å². The summed E-state index contributed by atoms with van der Waals surface area (Å²) < 4.78 is 0. The topological polar surface area (TPSA) is 78.4 Å². The zero-order chi connectivity index (χ0) is 15.3. The van der Waals surface area contributed by atoms with Crippen LogP contribution in [0.4, 0.5) is 0 Å². The number of benzene rings is 1. The molecule has 1 aromatic carbocycles. The van der Waals surface area contributed by atoms with Crippen molar-refractivity contribution in [3.8, 4) is 0 Å². The fourth-order valence-corrected chi connectivity index (χ4v) is 2.76. The van der Waals surface area contributed by atoms with Crippen LogP contribution in [0.2, 0.25) is 0 Å². The molecule has 1 saturated heterocycles. The van der Waals surface area contributed by atoms with Gasteiger partial charge >= 0.3 is 5.97 Å². The molecule has 1 aliphatic heterocycles. The van der Waals surface area contributed by atoms with E-state index >= 15 is 0 Å². The van der Waals surface area contributed by atoms with Crippen LogP contribution < -0.4 is 10.6 Å². The molecule has 0 saturated carbocycles. The molecule has 3 N–H and O–H groups in total. The van der Waals surface area contributed by atoms with Gasteiger partial charge in [-0.05, 0) is 24.9 Å². The number of hydrogen-bond acceptors (Lipinski definition) is 3. The van der Waals surface area contributed by atoms with E-state index in [9.17, 15) is 14.7 Å². The molecule has 5 nitrogen and oxygen atoms in total. The van der Waals surface area contributed by atoms with E-state index in [-0.39, 0.29) is 5.91 Å². The third kappa shape index (κ3) is 3.61. The molecule has 1 heterocycles. The normalized spacial score (nSPS) is 22.7. The lowest BCUT2D eigenvalue weighted by molar-refractivity contribution is -0.143. The minimum Gasteiger partial charge on any atom is -0.480 e. The van der Waals surface area contributed by atoms with Crippen molar-refractivity contribution in [3.05, 3.63) is 35.9 Å². The van der Waals surface area contributed by atoms with Crippen molar-refractivity contribution in [1.29, 1.82) is 0 Å². The monoisotopic (exact) mass is 290 g/mol. The molecule has 2 unspecified atom stereocenters. The number of rotatable bonds is 6. The van der Waals surface area contributed by atoms with Crippen molar-refractivity contribution in [3.63, 3.8) is 0 Å². The second kappa shape index (κ2) is 6.72. The van der Waals surface area contributed by atoms with Crippen molar-refractivity contribution in [1.82, 2.24) is 10.6 Å². The minimum absolute atomic E-state index is 0.154. The Morgan fingerprint density at radius 3 is 2.62 bits per heavy atom. The molecule has 0 spiro atoms.